The van der Waals surface area contributed by atoms with Gasteiger partial charge >= 0.3 is 12.1 Å². The van der Waals surface area contributed by atoms with Gasteiger partial charge in [-0.1, -0.05) is 0 Å². The van der Waals surface area contributed by atoms with Crippen molar-refractivity contribution in [2.24, 2.45) is 0 Å². The number of allylic oxidation sites excluding steroid dienone is 2. The van der Waals surface area contributed by atoms with Crippen LogP contribution in [0, 0.1) is 11.6 Å². The summed E-state index contributed by atoms with van der Waals surface area (Å²) in [5, 5.41) is 9.38. The monoisotopic (exact) mass is 489 g/mol. The van der Waals surface area contributed by atoms with Gasteiger partial charge < -0.3 is 15.6 Å². The molecule has 182 valence electrons. The largest absolute Gasteiger partial charge is 0.488 e. The van der Waals surface area contributed by atoms with Gasteiger partial charge in [-0.05, 0) is 84.5 Å². The highest BCUT2D eigenvalue weighted by Gasteiger charge is 2.32. The van der Waals surface area contributed by atoms with Crippen molar-refractivity contribution >= 4 is 22.8 Å². The van der Waals surface area contributed by atoms with E-state index in [1.165, 1.54) is 24.3 Å². The molecule has 0 atom stereocenters. The number of nitrogens with two attached hydrogens (primary N) is 1. The molecule has 0 saturated carbocycles. The summed E-state index contributed by atoms with van der Waals surface area (Å²) in [6.07, 6.45) is -3.05. The first kappa shape index (κ1) is 24.3. The Labute approximate surface area is 197 Å². The molecule has 4 rings (SSSR count). The second-order valence-corrected chi connectivity index (χ2v) is 8.19. The van der Waals surface area contributed by atoms with Gasteiger partial charge in [0.05, 0.1) is 11.1 Å². The minimum atomic E-state index is -4.61. The number of anilines is 1. The number of hydrogen-bond donors (Lipinski definition) is 2. The third-order valence-corrected chi connectivity index (χ3v) is 5.80. The van der Waals surface area contributed by atoms with Crippen LogP contribution in [-0.2, 0) is 12.8 Å². The van der Waals surface area contributed by atoms with Crippen molar-refractivity contribution in [3.05, 3.63) is 94.0 Å². The third kappa shape index (κ3) is 5.29. The molecule has 0 radical (unpaired) electrons. The Morgan fingerprint density at radius 1 is 0.971 bits per heavy atom. The number of carboxylic acid groups (broad SMARTS) is 1. The maximum absolute atomic E-state index is 14.1. The Morgan fingerprint density at radius 3 is 2.40 bits per heavy atom. The average Bonchev–Trinajstić information content (AvgIpc) is 3.27. The molecule has 3 aromatic rings. The van der Waals surface area contributed by atoms with Gasteiger partial charge in [-0.25, -0.2) is 13.6 Å². The van der Waals surface area contributed by atoms with Gasteiger partial charge in [0.15, 0.2) is 0 Å². The summed E-state index contributed by atoms with van der Waals surface area (Å²) in [6, 6.07) is 10.3. The van der Waals surface area contributed by atoms with Gasteiger partial charge in [-0.3, -0.25) is 0 Å². The smallest absolute Gasteiger partial charge is 0.416 e. The molecule has 1 aliphatic carbocycles. The van der Waals surface area contributed by atoms with Gasteiger partial charge in [-0.15, -0.1) is 0 Å². The quantitative estimate of drug-likeness (QED) is 0.291. The summed E-state index contributed by atoms with van der Waals surface area (Å²) in [6.45, 7) is -0.325. The lowest BCUT2D eigenvalue weighted by Gasteiger charge is -2.17. The second kappa shape index (κ2) is 9.40. The molecular weight excluding hydrogens is 469 g/mol. The summed E-state index contributed by atoms with van der Waals surface area (Å²) in [4.78, 5) is 11.5. The third-order valence-electron chi connectivity index (χ3n) is 5.80. The normalized spacial score (nSPS) is 13.9. The number of hydrogen-bond acceptors (Lipinski definition) is 3. The van der Waals surface area contributed by atoms with Gasteiger partial charge in [0.1, 0.15) is 24.0 Å². The highest BCUT2D eigenvalue weighted by Crippen LogP contribution is 2.45. The molecule has 0 fully saturated rings. The van der Waals surface area contributed by atoms with E-state index in [0.29, 0.717) is 42.0 Å². The molecular formula is C26H20F5NO3. The van der Waals surface area contributed by atoms with Gasteiger partial charge in [0.2, 0.25) is 0 Å². The van der Waals surface area contributed by atoms with E-state index in [1.54, 1.807) is 6.07 Å². The topological polar surface area (TPSA) is 72.6 Å². The van der Waals surface area contributed by atoms with Crippen molar-refractivity contribution in [3.8, 4) is 5.75 Å². The maximum atomic E-state index is 14.1. The molecule has 0 bridgehead atoms. The van der Waals surface area contributed by atoms with Crippen LogP contribution in [0.4, 0.5) is 27.6 Å². The molecule has 4 nitrogen and oxygen atoms in total. The van der Waals surface area contributed by atoms with Crippen molar-refractivity contribution in [1.29, 1.82) is 0 Å². The maximum Gasteiger partial charge on any atom is 0.416 e. The number of carbonyl (C=O) groups is 1. The summed E-state index contributed by atoms with van der Waals surface area (Å²) in [5.41, 5.74) is 7.11. The molecule has 0 amide bonds. The Hall–Kier alpha value is -3.88. The standard InChI is InChI=1S/C26H20F5NO3/c27-18-6-4-14(23(28)12-18)13-35-24-7-5-17(26(29,30)31)11-22(24)21-3-1-2-20(21)15-8-16(25(33)34)10-19(32)9-15/h4-12H,1-3,13,32H2,(H,33,34). The summed E-state index contributed by atoms with van der Waals surface area (Å²) < 4.78 is 73.5. The Kier molecular flexibility index (Phi) is 6.51. The van der Waals surface area contributed by atoms with Crippen molar-refractivity contribution in [2.75, 3.05) is 5.73 Å². The average molecular weight is 489 g/mol. The van der Waals surface area contributed by atoms with Crippen molar-refractivity contribution in [2.45, 2.75) is 32.0 Å². The van der Waals surface area contributed by atoms with Crippen molar-refractivity contribution in [1.82, 2.24) is 0 Å². The van der Waals surface area contributed by atoms with Crippen LogP contribution < -0.4 is 10.5 Å². The zero-order valence-corrected chi connectivity index (χ0v) is 18.3. The molecule has 35 heavy (non-hydrogen) atoms. The zero-order chi connectivity index (χ0) is 25.3. The van der Waals surface area contributed by atoms with Crippen LogP contribution in [0.5, 0.6) is 5.75 Å². The molecule has 1 aliphatic rings. The fourth-order valence-corrected chi connectivity index (χ4v) is 4.17. The lowest BCUT2D eigenvalue weighted by molar-refractivity contribution is -0.137. The fourth-order valence-electron chi connectivity index (χ4n) is 4.17. The second-order valence-electron chi connectivity index (χ2n) is 8.19. The molecule has 3 aromatic carbocycles. The van der Waals surface area contributed by atoms with E-state index in [0.717, 1.165) is 18.2 Å². The molecule has 9 heteroatoms. The van der Waals surface area contributed by atoms with Gasteiger partial charge in [-0.2, -0.15) is 13.2 Å². The number of alkyl halides is 3. The number of nitrogen functional groups attached to an aromatic ring is 1. The minimum absolute atomic E-state index is 0.0361. The van der Waals surface area contributed by atoms with Crippen LogP contribution in [0.2, 0.25) is 0 Å². The van der Waals surface area contributed by atoms with Gasteiger partial charge in [0, 0.05) is 22.9 Å². The molecule has 0 heterocycles. The molecule has 0 aliphatic heterocycles. The SMILES string of the molecule is Nc1cc(C(=O)O)cc(C2=C(c3cc(C(F)(F)F)ccc3OCc3ccc(F)cc3F)CCC2)c1. The van der Waals surface area contributed by atoms with Gasteiger partial charge in [0.25, 0.3) is 0 Å². The zero-order valence-electron chi connectivity index (χ0n) is 18.3. The number of benzene rings is 3. The van der Waals surface area contributed by atoms with Crippen molar-refractivity contribution < 1.29 is 36.6 Å². The van der Waals surface area contributed by atoms with Crippen LogP contribution in [0.1, 0.15) is 51.9 Å². The summed E-state index contributed by atoms with van der Waals surface area (Å²) in [7, 11) is 0. The van der Waals surface area contributed by atoms with E-state index in [4.69, 9.17) is 10.5 Å². The van der Waals surface area contributed by atoms with Crippen LogP contribution in [0.3, 0.4) is 0 Å². The number of halogens is 5. The molecule has 0 unspecified atom stereocenters. The first-order valence-corrected chi connectivity index (χ1v) is 10.7. The Morgan fingerprint density at radius 2 is 1.71 bits per heavy atom. The van der Waals surface area contributed by atoms with Crippen LogP contribution in [-0.4, -0.2) is 11.1 Å². The van der Waals surface area contributed by atoms with Crippen LogP contribution in [0.15, 0.2) is 54.6 Å². The molecule has 0 aromatic heterocycles. The first-order chi connectivity index (χ1) is 16.5. The van der Waals surface area contributed by atoms with E-state index >= 15 is 0 Å². The van der Waals surface area contributed by atoms with E-state index in [9.17, 15) is 31.9 Å². The van der Waals surface area contributed by atoms with Crippen LogP contribution in [0.25, 0.3) is 11.1 Å². The van der Waals surface area contributed by atoms with E-state index in [-0.39, 0.29) is 34.7 Å². The Bertz CT molecular complexity index is 1330. The minimum Gasteiger partial charge on any atom is -0.488 e. The lowest BCUT2D eigenvalue weighted by Crippen LogP contribution is -2.07. The molecule has 0 spiro atoms. The van der Waals surface area contributed by atoms with E-state index < -0.39 is 29.3 Å². The molecule has 3 N–H and O–H groups in total. The van der Waals surface area contributed by atoms with Crippen LogP contribution >= 0.6 is 0 Å². The number of carboxylic acids is 1. The summed E-state index contributed by atoms with van der Waals surface area (Å²) in [5.74, 6) is -2.67. The van der Waals surface area contributed by atoms with E-state index in [1.807, 2.05) is 0 Å². The lowest BCUT2D eigenvalue weighted by atomic mass is 9.94. The van der Waals surface area contributed by atoms with Crippen molar-refractivity contribution in [3.63, 3.8) is 0 Å². The number of aromatic carboxylic acids is 1. The first-order valence-electron chi connectivity index (χ1n) is 10.7. The molecule has 0 saturated heterocycles. The Balaban J connectivity index is 1.81. The predicted molar refractivity (Wildman–Crippen MR) is 121 cm³/mol. The fraction of sp³-hybridized carbons (Fsp3) is 0.192. The highest BCUT2D eigenvalue weighted by atomic mass is 19.4. The number of ether oxygens (including phenoxy) is 1. The predicted octanol–water partition coefficient (Wildman–Crippen LogP) is 6.94. The number of rotatable bonds is 6. The highest BCUT2D eigenvalue weighted by molar-refractivity contribution is 5.97. The van der Waals surface area contributed by atoms with E-state index in [2.05, 4.69) is 0 Å². The summed E-state index contributed by atoms with van der Waals surface area (Å²) >= 11 is 0.